The van der Waals surface area contributed by atoms with Gasteiger partial charge in [0.1, 0.15) is 0 Å². The Morgan fingerprint density at radius 3 is 2.59 bits per heavy atom. The number of fused-ring (bicyclic) bond motifs is 1. The topological polar surface area (TPSA) is 70.0 Å². The van der Waals surface area contributed by atoms with E-state index in [0.717, 1.165) is 19.3 Å². The van der Waals surface area contributed by atoms with Crippen LogP contribution in [0.25, 0.3) is 0 Å². The second kappa shape index (κ2) is 7.31. The molecule has 1 amide bonds. The van der Waals surface area contributed by atoms with Crippen LogP contribution in [0.1, 0.15) is 18.4 Å². The lowest BCUT2D eigenvalue weighted by Gasteiger charge is -2.35. The number of piperidine rings is 1. The maximum atomic E-state index is 13.0. The average molecular weight is 385 g/mol. The standard InChI is InChI=1S/C20H23N3O3S/c24-20(18-7-4-10-22-13-14-27(25,26)21-19(18)22)23-11-8-17(9-12-23)15-16-5-2-1-3-6-16/h1-7,10,17H,8-9,11-15H2. The van der Waals surface area contributed by atoms with E-state index in [1.54, 1.807) is 23.3 Å². The van der Waals surface area contributed by atoms with Gasteiger partial charge in [-0.25, -0.2) is 8.42 Å². The van der Waals surface area contributed by atoms with Crippen molar-refractivity contribution in [3.05, 3.63) is 59.8 Å². The van der Waals surface area contributed by atoms with Crippen molar-refractivity contribution in [2.24, 2.45) is 10.3 Å². The third-order valence-electron chi connectivity index (χ3n) is 5.36. The third kappa shape index (κ3) is 3.98. The summed E-state index contributed by atoms with van der Waals surface area (Å²) in [4.78, 5) is 16.6. The molecule has 4 rings (SSSR count). The maximum Gasteiger partial charge on any atom is 0.257 e. The van der Waals surface area contributed by atoms with Crippen LogP contribution in [0, 0.1) is 5.92 Å². The Labute approximate surface area is 159 Å². The minimum atomic E-state index is -3.49. The Hall–Kier alpha value is -2.41. The number of allylic oxidation sites excluding steroid dienone is 2. The summed E-state index contributed by atoms with van der Waals surface area (Å²) < 4.78 is 27.6. The van der Waals surface area contributed by atoms with E-state index in [1.807, 2.05) is 11.0 Å². The van der Waals surface area contributed by atoms with E-state index in [0.29, 0.717) is 31.1 Å². The van der Waals surface area contributed by atoms with Crippen LogP contribution >= 0.6 is 0 Å². The van der Waals surface area contributed by atoms with Crippen LogP contribution in [-0.4, -0.2) is 55.3 Å². The minimum Gasteiger partial charge on any atom is -0.339 e. The molecule has 3 heterocycles. The summed E-state index contributed by atoms with van der Waals surface area (Å²) in [6.45, 7) is 1.72. The van der Waals surface area contributed by atoms with Gasteiger partial charge in [0.2, 0.25) is 0 Å². The van der Waals surface area contributed by atoms with Crippen molar-refractivity contribution < 1.29 is 13.2 Å². The van der Waals surface area contributed by atoms with Crippen LogP contribution in [0.5, 0.6) is 0 Å². The summed E-state index contributed by atoms with van der Waals surface area (Å²) in [5.74, 6) is 0.687. The molecule has 0 atom stereocenters. The SMILES string of the molecule is O=C(C1=CC=CN2CCS(=O)(=O)N=C12)N1CCC(Cc2ccccc2)CC1. The van der Waals surface area contributed by atoms with Gasteiger partial charge in [0.15, 0.2) is 5.84 Å². The van der Waals surface area contributed by atoms with Crippen molar-refractivity contribution >= 4 is 21.8 Å². The van der Waals surface area contributed by atoms with Crippen LogP contribution in [0.15, 0.2) is 58.7 Å². The number of carbonyl (C=O) groups excluding carboxylic acids is 1. The molecule has 0 N–H and O–H groups in total. The number of benzene rings is 1. The normalized spacial score (nSPS) is 22.1. The molecule has 27 heavy (non-hydrogen) atoms. The van der Waals surface area contributed by atoms with E-state index < -0.39 is 10.0 Å². The maximum absolute atomic E-state index is 13.0. The van der Waals surface area contributed by atoms with Gasteiger partial charge >= 0.3 is 0 Å². The molecule has 0 unspecified atom stereocenters. The van der Waals surface area contributed by atoms with Crippen molar-refractivity contribution in [2.75, 3.05) is 25.4 Å². The number of carbonyl (C=O) groups is 1. The molecule has 1 saturated heterocycles. The number of sulfonamides is 1. The number of nitrogens with zero attached hydrogens (tertiary/aromatic N) is 3. The molecule has 3 aliphatic heterocycles. The van der Waals surface area contributed by atoms with Gasteiger partial charge < -0.3 is 9.80 Å². The van der Waals surface area contributed by atoms with Crippen LogP contribution in [0.3, 0.4) is 0 Å². The fraction of sp³-hybridized carbons (Fsp3) is 0.400. The highest BCUT2D eigenvalue weighted by Gasteiger charge is 2.33. The smallest absolute Gasteiger partial charge is 0.257 e. The highest BCUT2D eigenvalue weighted by molar-refractivity contribution is 7.90. The predicted molar refractivity (Wildman–Crippen MR) is 105 cm³/mol. The quantitative estimate of drug-likeness (QED) is 0.798. The van der Waals surface area contributed by atoms with Crippen LogP contribution in [-0.2, 0) is 21.2 Å². The van der Waals surface area contributed by atoms with Crippen molar-refractivity contribution in [1.82, 2.24) is 9.80 Å². The predicted octanol–water partition coefficient (Wildman–Crippen LogP) is 1.97. The monoisotopic (exact) mass is 385 g/mol. The molecule has 0 bridgehead atoms. The zero-order valence-corrected chi connectivity index (χ0v) is 15.9. The second-order valence-corrected chi connectivity index (χ2v) is 9.00. The molecular weight excluding hydrogens is 362 g/mol. The van der Waals surface area contributed by atoms with Gasteiger partial charge in [-0.3, -0.25) is 4.79 Å². The van der Waals surface area contributed by atoms with E-state index >= 15 is 0 Å². The number of hydrogen-bond acceptors (Lipinski definition) is 4. The molecule has 1 fully saturated rings. The highest BCUT2D eigenvalue weighted by Crippen LogP contribution is 2.25. The molecule has 0 aromatic heterocycles. The number of hydrogen-bond donors (Lipinski definition) is 0. The lowest BCUT2D eigenvalue weighted by Crippen LogP contribution is -2.45. The average Bonchev–Trinajstić information content (AvgIpc) is 2.68. The van der Waals surface area contributed by atoms with E-state index in [-0.39, 0.29) is 17.5 Å². The minimum absolute atomic E-state index is 0.0206. The molecule has 1 aromatic carbocycles. The van der Waals surface area contributed by atoms with E-state index in [4.69, 9.17) is 0 Å². The lowest BCUT2D eigenvalue weighted by atomic mass is 9.90. The molecular formula is C20H23N3O3S. The zero-order chi connectivity index (χ0) is 18.9. The van der Waals surface area contributed by atoms with Crippen molar-refractivity contribution in [2.45, 2.75) is 19.3 Å². The molecule has 7 heteroatoms. The van der Waals surface area contributed by atoms with E-state index in [2.05, 4.69) is 28.7 Å². The Bertz CT molecular complexity index is 911. The first-order chi connectivity index (χ1) is 13.0. The van der Waals surface area contributed by atoms with Gasteiger partial charge in [0.05, 0.1) is 11.3 Å². The Morgan fingerprint density at radius 1 is 1.11 bits per heavy atom. The van der Waals surface area contributed by atoms with E-state index in [1.165, 1.54) is 5.56 Å². The van der Waals surface area contributed by atoms with Gasteiger partial charge in [-0.2, -0.15) is 0 Å². The van der Waals surface area contributed by atoms with Crippen LogP contribution < -0.4 is 0 Å². The van der Waals surface area contributed by atoms with E-state index in [9.17, 15) is 13.2 Å². The molecule has 0 saturated carbocycles. The Balaban J connectivity index is 1.43. The number of amidine groups is 1. The molecule has 0 radical (unpaired) electrons. The first-order valence-corrected chi connectivity index (χ1v) is 10.9. The summed E-state index contributed by atoms with van der Waals surface area (Å²) in [5.41, 5.74) is 1.71. The summed E-state index contributed by atoms with van der Waals surface area (Å²) in [6.07, 6.45) is 8.18. The molecule has 3 aliphatic rings. The molecule has 0 spiro atoms. The van der Waals surface area contributed by atoms with Gasteiger partial charge in [-0.05, 0) is 42.9 Å². The van der Waals surface area contributed by atoms with Crippen molar-refractivity contribution in [3.63, 3.8) is 0 Å². The van der Waals surface area contributed by atoms with Crippen molar-refractivity contribution in [1.29, 1.82) is 0 Å². The second-order valence-electron chi connectivity index (χ2n) is 7.24. The first kappa shape index (κ1) is 18.0. The van der Waals surface area contributed by atoms with Gasteiger partial charge in [0.25, 0.3) is 15.9 Å². The fourth-order valence-electron chi connectivity index (χ4n) is 3.84. The molecule has 0 aliphatic carbocycles. The fourth-order valence-corrected chi connectivity index (χ4v) is 4.83. The van der Waals surface area contributed by atoms with Crippen molar-refractivity contribution in [3.8, 4) is 0 Å². The molecule has 6 nitrogen and oxygen atoms in total. The Kier molecular flexibility index (Phi) is 4.86. The van der Waals surface area contributed by atoms with Crippen LogP contribution in [0.4, 0.5) is 0 Å². The zero-order valence-electron chi connectivity index (χ0n) is 15.1. The van der Waals surface area contributed by atoms with Gasteiger partial charge in [0, 0.05) is 25.8 Å². The summed E-state index contributed by atoms with van der Waals surface area (Å²) in [5, 5.41) is 0. The van der Waals surface area contributed by atoms with Gasteiger partial charge in [-0.15, -0.1) is 4.40 Å². The largest absolute Gasteiger partial charge is 0.339 e. The summed E-state index contributed by atoms with van der Waals surface area (Å²) >= 11 is 0. The highest BCUT2D eigenvalue weighted by atomic mass is 32.2. The Morgan fingerprint density at radius 2 is 1.85 bits per heavy atom. The van der Waals surface area contributed by atoms with Gasteiger partial charge in [-0.1, -0.05) is 30.3 Å². The summed E-state index contributed by atoms with van der Waals surface area (Å²) in [7, 11) is -3.49. The number of amides is 1. The molecule has 1 aromatic rings. The van der Waals surface area contributed by atoms with Crippen LogP contribution in [0.2, 0.25) is 0 Å². The first-order valence-electron chi connectivity index (χ1n) is 9.33. The summed E-state index contributed by atoms with van der Waals surface area (Å²) in [6, 6.07) is 10.4. The number of rotatable bonds is 3. The molecule has 142 valence electrons. The third-order valence-corrected chi connectivity index (χ3v) is 6.51. The lowest BCUT2D eigenvalue weighted by molar-refractivity contribution is -0.128. The number of likely N-dealkylation sites (tertiary alicyclic amines) is 1.